The number of carbonyl (C=O) groups excluding carboxylic acids is 1. The fourth-order valence-corrected chi connectivity index (χ4v) is 8.31. The van der Waals surface area contributed by atoms with Crippen LogP contribution < -0.4 is 0 Å². The summed E-state index contributed by atoms with van der Waals surface area (Å²) in [6.45, 7) is 0. The summed E-state index contributed by atoms with van der Waals surface area (Å²) in [5, 5.41) is 0. The molecule has 2 rings (SSSR count). The van der Waals surface area contributed by atoms with Gasteiger partial charge in [-0.25, -0.2) is 0 Å². The Labute approximate surface area is 86.0 Å². The third-order valence-corrected chi connectivity index (χ3v) is 10.3. The standard InChI is InChI=1S/C7H5O.C4H6.In/c8-6-7-4-2-1-3-5-7;1-3-4-2;/h1-5H;3-4H,1-2H2;. The van der Waals surface area contributed by atoms with Gasteiger partial charge in [-0.2, -0.15) is 0 Å². The molecule has 0 spiro atoms. The Morgan fingerprint density at radius 2 is 1.69 bits per heavy atom. The van der Waals surface area contributed by atoms with Gasteiger partial charge in [-0.15, -0.1) is 0 Å². The van der Waals surface area contributed by atoms with Crippen LogP contribution in [0.25, 0.3) is 0 Å². The van der Waals surface area contributed by atoms with E-state index in [1.54, 1.807) is 0 Å². The summed E-state index contributed by atoms with van der Waals surface area (Å²) >= 11 is -1.84. The zero-order valence-electron chi connectivity index (χ0n) is 7.44. The van der Waals surface area contributed by atoms with Crippen LogP contribution in [0.4, 0.5) is 0 Å². The summed E-state index contributed by atoms with van der Waals surface area (Å²) in [5.41, 5.74) is 0.937. The van der Waals surface area contributed by atoms with Gasteiger partial charge < -0.3 is 0 Å². The molecule has 1 heterocycles. The van der Waals surface area contributed by atoms with E-state index in [0.29, 0.717) is 3.54 Å². The third-order valence-electron chi connectivity index (χ3n) is 2.44. The quantitative estimate of drug-likeness (QED) is 0.757. The van der Waals surface area contributed by atoms with Gasteiger partial charge in [-0.05, 0) is 0 Å². The summed E-state index contributed by atoms with van der Waals surface area (Å²) in [6, 6.07) is 9.73. The van der Waals surface area contributed by atoms with Crippen molar-refractivity contribution < 1.29 is 4.79 Å². The Bertz CT molecular complexity index is 321. The van der Waals surface area contributed by atoms with Gasteiger partial charge >= 0.3 is 86.2 Å². The molecule has 1 aliphatic heterocycles. The normalized spacial score (nSPS) is 14.9. The Balaban J connectivity index is 2.14. The second kappa shape index (κ2) is 4.14. The van der Waals surface area contributed by atoms with E-state index in [2.05, 4.69) is 12.2 Å². The first-order valence-corrected chi connectivity index (χ1v) is 10.9. The van der Waals surface area contributed by atoms with Gasteiger partial charge in [-0.3, -0.25) is 0 Å². The maximum atomic E-state index is 11.9. The molecule has 0 saturated heterocycles. The van der Waals surface area contributed by atoms with Crippen LogP contribution in [0.5, 0.6) is 0 Å². The Morgan fingerprint density at radius 1 is 1.08 bits per heavy atom. The fraction of sp³-hybridized carbons (Fsp3) is 0.182. The van der Waals surface area contributed by atoms with Crippen molar-refractivity contribution in [3.63, 3.8) is 0 Å². The average Bonchev–Trinajstić information content (AvgIpc) is 2.71. The molecule has 0 atom stereocenters. The SMILES string of the molecule is O=[C](c1ccccc1)[In]1[CH2]C=C[CH2]1. The summed E-state index contributed by atoms with van der Waals surface area (Å²) in [4.78, 5) is 11.9. The van der Waals surface area contributed by atoms with Crippen LogP contribution >= 0.6 is 0 Å². The summed E-state index contributed by atoms with van der Waals surface area (Å²) in [7, 11) is 0. The van der Waals surface area contributed by atoms with Gasteiger partial charge in [0.15, 0.2) is 0 Å². The van der Waals surface area contributed by atoms with Gasteiger partial charge in [0.1, 0.15) is 0 Å². The van der Waals surface area contributed by atoms with Crippen molar-refractivity contribution in [3.8, 4) is 0 Å². The summed E-state index contributed by atoms with van der Waals surface area (Å²) < 4.78 is 2.73. The molecule has 0 saturated carbocycles. The van der Waals surface area contributed by atoms with Crippen LogP contribution in [0.2, 0.25) is 8.35 Å². The second-order valence-electron chi connectivity index (χ2n) is 3.37. The fourth-order valence-electron chi connectivity index (χ4n) is 1.67. The molecule has 0 N–H and O–H groups in total. The Morgan fingerprint density at radius 3 is 2.31 bits per heavy atom. The zero-order valence-corrected chi connectivity index (χ0v) is 10.7. The van der Waals surface area contributed by atoms with Gasteiger partial charge in [0, 0.05) is 0 Å². The molecule has 64 valence electrons. The predicted molar refractivity (Wildman–Crippen MR) is 55.3 cm³/mol. The van der Waals surface area contributed by atoms with Gasteiger partial charge in [0.25, 0.3) is 0 Å². The molecule has 13 heavy (non-hydrogen) atoms. The first-order valence-electron chi connectivity index (χ1n) is 4.62. The van der Waals surface area contributed by atoms with E-state index in [9.17, 15) is 4.79 Å². The van der Waals surface area contributed by atoms with Crippen molar-refractivity contribution in [3.05, 3.63) is 48.0 Å². The summed E-state index contributed by atoms with van der Waals surface area (Å²) in [6.07, 6.45) is 4.36. The van der Waals surface area contributed by atoms with Gasteiger partial charge in [0.2, 0.25) is 0 Å². The van der Waals surface area contributed by atoms with Crippen LogP contribution in [-0.4, -0.2) is 25.0 Å². The number of benzene rings is 1. The van der Waals surface area contributed by atoms with Crippen LogP contribution in [0.15, 0.2) is 42.5 Å². The number of carbonyl (C=O) groups is 1. The molecule has 1 nitrogen and oxygen atoms in total. The molecule has 0 aliphatic carbocycles. The first-order chi connectivity index (χ1) is 6.38. The molecule has 1 aromatic rings. The minimum absolute atomic E-state index is 0.493. The van der Waals surface area contributed by atoms with Gasteiger partial charge in [0.05, 0.1) is 0 Å². The molecule has 1 aliphatic rings. The van der Waals surface area contributed by atoms with E-state index in [-0.39, 0.29) is 0 Å². The molecule has 0 radical (unpaired) electrons. The zero-order chi connectivity index (χ0) is 9.10. The first kappa shape index (κ1) is 9.07. The number of rotatable bonds is 2. The third kappa shape index (κ3) is 2.05. The number of allylic oxidation sites excluding steroid dienone is 2. The van der Waals surface area contributed by atoms with Crippen LogP contribution in [0.1, 0.15) is 10.4 Å². The van der Waals surface area contributed by atoms with E-state index in [1.807, 2.05) is 30.3 Å². The molecule has 0 amide bonds. The van der Waals surface area contributed by atoms with Crippen LogP contribution in [-0.2, 0) is 0 Å². The van der Waals surface area contributed by atoms with Crippen molar-refractivity contribution in [1.29, 1.82) is 0 Å². The van der Waals surface area contributed by atoms with Crippen molar-refractivity contribution in [2.24, 2.45) is 0 Å². The Hall–Kier alpha value is -0.500. The van der Waals surface area contributed by atoms with Crippen molar-refractivity contribution in [1.82, 2.24) is 0 Å². The molecule has 2 heteroatoms. The van der Waals surface area contributed by atoms with E-state index in [0.717, 1.165) is 13.9 Å². The average molecular weight is 274 g/mol. The van der Waals surface area contributed by atoms with Crippen molar-refractivity contribution in [2.75, 3.05) is 0 Å². The van der Waals surface area contributed by atoms with E-state index in [4.69, 9.17) is 0 Å². The molecule has 1 aromatic carbocycles. The minimum atomic E-state index is -1.84. The monoisotopic (exact) mass is 274 g/mol. The second-order valence-corrected chi connectivity index (χ2v) is 11.5. The van der Waals surface area contributed by atoms with Gasteiger partial charge in [-0.1, -0.05) is 0 Å². The van der Waals surface area contributed by atoms with Crippen molar-refractivity contribution >= 4 is 25.0 Å². The summed E-state index contributed by atoms with van der Waals surface area (Å²) in [5.74, 6) is 0. The molecule has 0 fully saturated rings. The topological polar surface area (TPSA) is 17.1 Å². The predicted octanol–water partition coefficient (Wildman–Crippen LogP) is 2.47. The van der Waals surface area contributed by atoms with E-state index in [1.165, 1.54) is 0 Å². The molecule has 0 unspecified atom stereocenters. The Kier molecular flexibility index (Phi) is 2.89. The van der Waals surface area contributed by atoms with E-state index < -0.39 is 21.4 Å². The number of hydrogen-bond acceptors (Lipinski definition) is 1. The molecule has 0 aromatic heterocycles. The maximum absolute atomic E-state index is 11.9. The molecule has 0 bridgehead atoms. The van der Waals surface area contributed by atoms with Crippen LogP contribution in [0.3, 0.4) is 0 Å². The molecular weight excluding hydrogens is 263 g/mol. The molecular formula is C11H11InO. The number of hydrogen-bond donors (Lipinski definition) is 0. The van der Waals surface area contributed by atoms with E-state index >= 15 is 0 Å². The van der Waals surface area contributed by atoms with Crippen LogP contribution in [0, 0.1) is 0 Å². The van der Waals surface area contributed by atoms with Crippen molar-refractivity contribution in [2.45, 2.75) is 8.35 Å².